The minimum Gasteiger partial charge on any atom is -0.493 e. The van der Waals surface area contributed by atoms with Crippen LogP contribution in [-0.4, -0.2) is 6.61 Å². The van der Waals surface area contributed by atoms with E-state index in [0.717, 1.165) is 24.0 Å². The number of hydrogen-bond donors (Lipinski definition) is 1. The molecule has 1 aliphatic heterocycles. The maximum absolute atomic E-state index is 13.1. The second-order valence-electron chi connectivity index (χ2n) is 3.57. The van der Waals surface area contributed by atoms with Gasteiger partial charge in [-0.2, -0.15) is 0 Å². The van der Waals surface area contributed by atoms with Crippen LogP contribution in [0.15, 0.2) is 12.1 Å². The van der Waals surface area contributed by atoms with E-state index >= 15 is 0 Å². The lowest BCUT2D eigenvalue weighted by Gasteiger charge is -2.25. The molecule has 1 aliphatic rings. The highest BCUT2D eigenvalue weighted by molar-refractivity contribution is 5.44. The molecule has 0 bridgehead atoms. The molecule has 76 valence electrons. The minimum atomic E-state index is -0.241. The van der Waals surface area contributed by atoms with E-state index in [1.165, 1.54) is 6.07 Å². The summed E-state index contributed by atoms with van der Waals surface area (Å²) in [7, 11) is 0. The van der Waals surface area contributed by atoms with Crippen molar-refractivity contribution in [2.45, 2.75) is 25.8 Å². The first kappa shape index (κ1) is 9.46. The minimum absolute atomic E-state index is 0.00528. The van der Waals surface area contributed by atoms with Crippen molar-refractivity contribution in [3.05, 3.63) is 29.1 Å². The molecule has 0 unspecified atom stereocenters. The largest absolute Gasteiger partial charge is 0.493 e. The highest BCUT2D eigenvalue weighted by Crippen LogP contribution is 2.34. The van der Waals surface area contributed by atoms with Crippen molar-refractivity contribution in [1.29, 1.82) is 0 Å². The number of benzene rings is 1. The first-order valence-corrected chi connectivity index (χ1v) is 4.93. The van der Waals surface area contributed by atoms with Gasteiger partial charge in [0.05, 0.1) is 6.61 Å². The van der Waals surface area contributed by atoms with E-state index < -0.39 is 0 Å². The van der Waals surface area contributed by atoms with E-state index in [2.05, 4.69) is 0 Å². The van der Waals surface area contributed by atoms with Crippen molar-refractivity contribution in [3.8, 4) is 5.75 Å². The zero-order valence-corrected chi connectivity index (χ0v) is 8.22. The molecule has 2 nitrogen and oxygen atoms in total. The Morgan fingerprint density at radius 1 is 1.57 bits per heavy atom. The molecule has 0 amide bonds. The quantitative estimate of drug-likeness (QED) is 0.745. The van der Waals surface area contributed by atoms with Crippen LogP contribution in [0.1, 0.15) is 30.5 Å². The van der Waals surface area contributed by atoms with E-state index in [1.54, 1.807) is 6.07 Å². The van der Waals surface area contributed by atoms with E-state index in [-0.39, 0.29) is 11.9 Å². The fourth-order valence-corrected chi connectivity index (χ4v) is 1.92. The molecule has 0 saturated heterocycles. The topological polar surface area (TPSA) is 35.2 Å². The third kappa shape index (κ3) is 1.48. The Hall–Kier alpha value is -1.09. The molecule has 1 atom stereocenters. The van der Waals surface area contributed by atoms with E-state index in [1.807, 2.05) is 6.92 Å². The highest BCUT2D eigenvalue weighted by Gasteiger charge is 2.21. The smallest absolute Gasteiger partial charge is 0.127 e. The lowest BCUT2D eigenvalue weighted by molar-refractivity contribution is 0.266. The van der Waals surface area contributed by atoms with Gasteiger partial charge >= 0.3 is 0 Å². The molecule has 0 aromatic heterocycles. The number of nitrogens with two attached hydrogens (primary N) is 1. The average molecular weight is 195 g/mol. The Kier molecular flexibility index (Phi) is 2.42. The van der Waals surface area contributed by atoms with Crippen molar-refractivity contribution in [2.24, 2.45) is 5.73 Å². The molecular formula is C11H14FNO. The summed E-state index contributed by atoms with van der Waals surface area (Å²) < 4.78 is 18.5. The Morgan fingerprint density at radius 3 is 3.07 bits per heavy atom. The van der Waals surface area contributed by atoms with Crippen LogP contribution in [0.3, 0.4) is 0 Å². The van der Waals surface area contributed by atoms with E-state index in [9.17, 15) is 4.39 Å². The predicted molar refractivity (Wildman–Crippen MR) is 52.8 cm³/mol. The molecule has 0 aliphatic carbocycles. The number of aryl methyl sites for hydroxylation is 1. The predicted octanol–water partition coefficient (Wildman–Crippen LogP) is 2.17. The summed E-state index contributed by atoms with van der Waals surface area (Å²) in [6.45, 7) is 2.58. The van der Waals surface area contributed by atoms with Crippen molar-refractivity contribution in [3.63, 3.8) is 0 Å². The lowest BCUT2D eigenvalue weighted by Crippen LogP contribution is -2.22. The van der Waals surface area contributed by atoms with Gasteiger partial charge in [-0.05, 0) is 18.1 Å². The van der Waals surface area contributed by atoms with Gasteiger partial charge in [0.2, 0.25) is 0 Å². The molecule has 3 heteroatoms. The molecule has 2 N–H and O–H groups in total. The van der Waals surface area contributed by atoms with Gasteiger partial charge < -0.3 is 10.5 Å². The molecule has 0 radical (unpaired) electrons. The lowest BCUT2D eigenvalue weighted by atomic mass is 9.94. The Bertz CT molecular complexity index is 334. The Morgan fingerprint density at radius 2 is 2.36 bits per heavy atom. The van der Waals surface area contributed by atoms with Gasteiger partial charge in [0.1, 0.15) is 11.6 Å². The van der Waals surface area contributed by atoms with Crippen LogP contribution < -0.4 is 10.5 Å². The second kappa shape index (κ2) is 3.58. The Labute approximate surface area is 82.9 Å². The molecule has 1 heterocycles. The summed E-state index contributed by atoms with van der Waals surface area (Å²) in [5, 5.41) is 0. The summed E-state index contributed by atoms with van der Waals surface area (Å²) in [6.07, 6.45) is 1.60. The van der Waals surface area contributed by atoms with E-state index in [0.29, 0.717) is 12.4 Å². The molecule has 14 heavy (non-hydrogen) atoms. The number of fused-ring (bicyclic) bond motifs is 1. The molecule has 0 saturated carbocycles. The van der Waals surface area contributed by atoms with Gasteiger partial charge in [0.25, 0.3) is 0 Å². The van der Waals surface area contributed by atoms with Crippen LogP contribution in [0.25, 0.3) is 0 Å². The van der Waals surface area contributed by atoms with Gasteiger partial charge in [-0.15, -0.1) is 0 Å². The third-order valence-corrected chi connectivity index (χ3v) is 2.63. The zero-order valence-electron chi connectivity index (χ0n) is 8.22. The number of hydrogen-bond acceptors (Lipinski definition) is 2. The van der Waals surface area contributed by atoms with Crippen molar-refractivity contribution >= 4 is 0 Å². The van der Waals surface area contributed by atoms with Gasteiger partial charge in [-0.1, -0.05) is 6.92 Å². The number of halogens is 1. The maximum atomic E-state index is 13.1. The first-order chi connectivity index (χ1) is 6.72. The zero-order chi connectivity index (χ0) is 10.1. The van der Waals surface area contributed by atoms with Gasteiger partial charge in [-0.3, -0.25) is 0 Å². The van der Waals surface area contributed by atoms with Crippen LogP contribution in [0.2, 0.25) is 0 Å². The van der Waals surface area contributed by atoms with Crippen molar-refractivity contribution in [1.82, 2.24) is 0 Å². The Balaban J connectivity index is 2.55. The summed E-state index contributed by atoms with van der Waals surface area (Å²) >= 11 is 0. The van der Waals surface area contributed by atoms with Gasteiger partial charge in [-0.25, -0.2) is 4.39 Å². The fraction of sp³-hybridized carbons (Fsp3) is 0.455. The summed E-state index contributed by atoms with van der Waals surface area (Å²) in [6, 6.07) is 2.97. The number of rotatable bonds is 1. The fourth-order valence-electron chi connectivity index (χ4n) is 1.92. The monoisotopic (exact) mass is 195 g/mol. The molecule has 2 rings (SSSR count). The normalized spacial score (nSPS) is 20.1. The van der Waals surface area contributed by atoms with Gasteiger partial charge in [0.15, 0.2) is 0 Å². The SMILES string of the molecule is CCc1cc(F)cc2c1[C@@H](N)CCO2. The molecule has 1 aromatic rings. The van der Waals surface area contributed by atoms with Crippen LogP contribution in [0, 0.1) is 5.82 Å². The molecule has 1 aromatic carbocycles. The van der Waals surface area contributed by atoms with Crippen LogP contribution in [0.5, 0.6) is 5.75 Å². The summed E-state index contributed by atoms with van der Waals surface area (Å²) in [5.74, 6) is 0.385. The maximum Gasteiger partial charge on any atom is 0.127 e. The summed E-state index contributed by atoms with van der Waals surface area (Å²) in [4.78, 5) is 0. The third-order valence-electron chi connectivity index (χ3n) is 2.63. The van der Waals surface area contributed by atoms with Crippen molar-refractivity contribution < 1.29 is 9.13 Å². The molecule has 0 fully saturated rings. The first-order valence-electron chi connectivity index (χ1n) is 4.93. The average Bonchev–Trinajstić information content (AvgIpc) is 2.16. The molecule has 0 spiro atoms. The number of ether oxygens (including phenoxy) is 1. The van der Waals surface area contributed by atoms with E-state index in [4.69, 9.17) is 10.5 Å². The highest BCUT2D eigenvalue weighted by atomic mass is 19.1. The van der Waals surface area contributed by atoms with Crippen LogP contribution >= 0.6 is 0 Å². The second-order valence-corrected chi connectivity index (χ2v) is 3.57. The van der Waals surface area contributed by atoms with Crippen LogP contribution in [0.4, 0.5) is 4.39 Å². The van der Waals surface area contributed by atoms with Crippen molar-refractivity contribution in [2.75, 3.05) is 6.61 Å². The van der Waals surface area contributed by atoms with Gasteiger partial charge in [0, 0.05) is 24.1 Å². The molecular weight excluding hydrogens is 181 g/mol. The standard InChI is InChI=1S/C11H14FNO/c1-2-7-5-8(12)6-10-11(7)9(13)3-4-14-10/h5-6,9H,2-4,13H2,1H3/t9-/m0/s1. The summed E-state index contributed by atoms with van der Waals surface area (Å²) in [5.41, 5.74) is 7.92. The van der Waals surface area contributed by atoms with Crippen LogP contribution in [-0.2, 0) is 6.42 Å².